The largest absolute Gasteiger partial charge is 0.491 e. The van der Waals surface area contributed by atoms with Gasteiger partial charge in [0.2, 0.25) is 0 Å². The van der Waals surface area contributed by atoms with Crippen LogP contribution in [0.2, 0.25) is 0 Å². The lowest BCUT2D eigenvalue weighted by molar-refractivity contribution is -0.137. The van der Waals surface area contributed by atoms with Gasteiger partial charge in [0, 0.05) is 12.1 Å². The van der Waals surface area contributed by atoms with E-state index in [1.165, 1.54) is 12.1 Å². The molecule has 0 N–H and O–H groups in total. The predicted octanol–water partition coefficient (Wildman–Crippen LogP) is 3.63. The van der Waals surface area contributed by atoms with Crippen LogP contribution in [0.5, 0.6) is 5.75 Å². The molecule has 0 aliphatic carbocycles. The van der Waals surface area contributed by atoms with E-state index in [1.54, 1.807) is 4.90 Å². The van der Waals surface area contributed by atoms with E-state index >= 15 is 0 Å². The highest BCUT2D eigenvalue weighted by molar-refractivity contribution is 5.94. The monoisotopic (exact) mass is 365 g/mol. The molecule has 1 amide bonds. The minimum atomic E-state index is -4.42. The molecule has 2 aromatic carbocycles. The van der Waals surface area contributed by atoms with Crippen molar-refractivity contribution in [1.82, 2.24) is 4.90 Å². The zero-order chi connectivity index (χ0) is 18.6. The van der Waals surface area contributed by atoms with E-state index in [0.717, 1.165) is 12.1 Å². The fourth-order valence-corrected chi connectivity index (χ4v) is 2.69. The lowest BCUT2D eigenvalue weighted by Crippen LogP contribution is -2.47. The maximum absolute atomic E-state index is 12.6. The summed E-state index contributed by atoms with van der Waals surface area (Å²) in [6.07, 6.45) is -4.71. The molecule has 0 bridgehead atoms. The van der Waals surface area contributed by atoms with Crippen molar-refractivity contribution in [2.75, 3.05) is 26.3 Å². The van der Waals surface area contributed by atoms with Gasteiger partial charge in [-0.05, 0) is 36.4 Å². The summed E-state index contributed by atoms with van der Waals surface area (Å²) >= 11 is 0. The number of nitrogens with zero attached hydrogens (tertiary/aromatic N) is 1. The average molecular weight is 365 g/mol. The summed E-state index contributed by atoms with van der Waals surface area (Å²) in [5, 5.41) is 0. The molecule has 0 saturated carbocycles. The third-order valence-corrected chi connectivity index (χ3v) is 4.06. The Bertz CT molecular complexity index is 732. The molecule has 3 rings (SSSR count). The molecule has 26 heavy (non-hydrogen) atoms. The Kier molecular flexibility index (Phi) is 5.46. The van der Waals surface area contributed by atoms with Gasteiger partial charge in [-0.2, -0.15) is 13.2 Å². The number of amides is 1. The maximum atomic E-state index is 12.6. The van der Waals surface area contributed by atoms with Crippen LogP contribution in [0.1, 0.15) is 15.9 Å². The summed E-state index contributed by atoms with van der Waals surface area (Å²) in [6, 6.07) is 13.5. The summed E-state index contributed by atoms with van der Waals surface area (Å²) in [5.74, 6) is 0.397. The van der Waals surface area contributed by atoms with E-state index in [2.05, 4.69) is 0 Å². The zero-order valence-electron chi connectivity index (χ0n) is 13.9. The van der Waals surface area contributed by atoms with E-state index < -0.39 is 11.7 Å². The number of carbonyl (C=O) groups is 1. The molecule has 0 aromatic heterocycles. The second-order valence-electron chi connectivity index (χ2n) is 5.94. The molecule has 0 spiro atoms. The Morgan fingerprint density at radius 3 is 2.46 bits per heavy atom. The molecular weight excluding hydrogens is 347 g/mol. The minimum absolute atomic E-state index is 0.225. The zero-order valence-corrected chi connectivity index (χ0v) is 13.9. The van der Waals surface area contributed by atoms with Gasteiger partial charge in [-0.15, -0.1) is 0 Å². The van der Waals surface area contributed by atoms with Crippen LogP contribution >= 0.6 is 0 Å². The molecule has 1 atom stereocenters. The first-order chi connectivity index (χ1) is 12.4. The van der Waals surface area contributed by atoms with Crippen molar-refractivity contribution in [2.24, 2.45) is 0 Å². The molecule has 4 nitrogen and oxygen atoms in total. The number of halogens is 3. The van der Waals surface area contributed by atoms with Crippen LogP contribution in [0.15, 0.2) is 54.6 Å². The predicted molar refractivity (Wildman–Crippen MR) is 89.0 cm³/mol. The molecule has 138 valence electrons. The van der Waals surface area contributed by atoms with Gasteiger partial charge in [0.05, 0.1) is 18.7 Å². The number of morpholine rings is 1. The van der Waals surface area contributed by atoms with Crippen LogP contribution < -0.4 is 4.74 Å². The van der Waals surface area contributed by atoms with Crippen molar-refractivity contribution in [1.29, 1.82) is 0 Å². The van der Waals surface area contributed by atoms with Crippen LogP contribution in [0.3, 0.4) is 0 Å². The molecule has 1 unspecified atom stereocenters. The highest BCUT2D eigenvalue weighted by atomic mass is 19.4. The first-order valence-corrected chi connectivity index (χ1v) is 8.19. The van der Waals surface area contributed by atoms with Crippen LogP contribution in [0.4, 0.5) is 13.2 Å². The van der Waals surface area contributed by atoms with Crippen LogP contribution in [0, 0.1) is 0 Å². The topological polar surface area (TPSA) is 38.8 Å². The summed E-state index contributed by atoms with van der Waals surface area (Å²) in [4.78, 5) is 14.1. The quantitative estimate of drug-likeness (QED) is 0.831. The van der Waals surface area contributed by atoms with Gasteiger partial charge >= 0.3 is 6.18 Å². The first kappa shape index (κ1) is 18.3. The Balaban J connectivity index is 1.59. The van der Waals surface area contributed by atoms with Crippen molar-refractivity contribution >= 4 is 5.91 Å². The molecule has 7 heteroatoms. The molecule has 1 saturated heterocycles. The van der Waals surface area contributed by atoms with Gasteiger partial charge in [-0.1, -0.05) is 18.2 Å². The van der Waals surface area contributed by atoms with E-state index in [4.69, 9.17) is 9.47 Å². The fourth-order valence-electron chi connectivity index (χ4n) is 2.69. The summed E-state index contributed by atoms with van der Waals surface area (Å²) < 4.78 is 49.1. The molecule has 0 radical (unpaired) electrons. The van der Waals surface area contributed by atoms with E-state index in [9.17, 15) is 18.0 Å². The lowest BCUT2D eigenvalue weighted by atomic mass is 10.1. The van der Waals surface area contributed by atoms with Crippen LogP contribution in [0.25, 0.3) is 0 Å². The van der Waals surface area contributed by atoms with Crippen molar-refractivity contribution in [2.45, 2.75) is 12.3 Å². The molecule has 1 fully saturated rings. The molecular formula is C19H18F3NO3. The first-order valence-electron chi connectivity index (χ1n) is 8.19. The van der Waals surface area contributed by atoms with E-state index in [1.807, 2.05) is 30.3 Å². The normalized spacial score (nSPS) is 17.8. The Labute approximate surface area is 149 Å². The summed E-state index contributed by atoms with van der Waals surface area (Å²) in [5.41, 5.74) is -0.548. The summed E-state index contributed by atoms with van der Waals surface area (Å²) in [6.45, 7) is 1.37. The van der Waals surface area contributed by atoms with Crippen molar-refractivity contribution < 1.29 is 27.4 Å². The second-order valence-corrected chi connectivity index (χ2v) is 5.94. The number of hydrogen-bond acceptors (Lipinski definition) is 3. The minimum Gasteiger partial charge on any atom is -0.491 e. The van der Waals surface area contributed by atoms with Gasteiger partial charge in [-0.25, -0.2) is 0 Å². The van der Waals surface area contributed by atoms with E-state index in [-0.39, 0.29) is 17.6 Å². The lowest BCUT2D eigenvalue weighted by Gasteiger charge is -2.33. The fraction of sp³-hybridized carbons (Fsp3) is 0.316. The number of carbonyl (C=O) groups excluding carboxylic acids is 1. The number of rotatable bonds is 4. The van der Waals surface area contributed by atoms with Crippen LogP contribution in [-0.2, 0) is 10.9 Å². The van der Waals surface area contributed by atoms with E-state index in [0.29, 0.717) is 32.1 Å². The van der Waals surface area contributed by atoms with Gasteiger partial charge in [0.1, 0.15) is 18.5 Å². The highest BCUT2D eigenvalue weighted by Crippen LogP contribution is 2.29. The van der Waals surface area contributed by atoms with Crippen molar-refractivity contribution in [3.63, 3.8) is 0 Å². The summed E-state index contributed by atoms with van der Waals surface area (Å²) in [7, 11) is 0. The third kappa shape index (κ3) is 4.54. The maximum Gasteiger partial charge on any atom is 0.416 e. The van der Waals surface area contributed by atoms with Crippen LogP contribution in [-0.4, -0.2) is 43.2 Å². The molecule has 1 aliphatic heterocycles. The molecule has 1 aliphatic rings. The molecule has 1 heterocycles. The average Bonchev–Trinajstić information content (AvgIpc) is 2.66. The smallest absolute Gasteiger partial charge is 0.416 e. The standard InChI is InChI=1S/C19H18F3NO3/c20-19(21,22)15-8-6-14(7-9-15)18(24)23-10-11-25-17(12-23)13-26-16-4-2-1-3-5-16/h1-9,17H,10-13H2. The Morgan fingerprint density at radius 1 is 1.12 bits per heavy atom. The Hall–Kier alpha value is -2.54. The number of ether oxygens (including phenoxy) is 2. The number of benzene rings is 2. The third-order valence-electron chi connectivity index (χ3n) is 4.06. The van der Waals surface area contributed by atoms with Crippen molar-refractivity contribution in [3.05, 3.63) is 65.7 Å². The van der Waals surface area contributed by atoms with Gasteiger partial charge < -0.3 is 14.4 Å². The Morgan fingerprint density at radius 2 is 1.81 bits per heavy atom. The number of alkyl halides is 3. The number of para-hydroxylation sites is 1. The molecule has 2 aromatic rings. The number of hydrogen-bond donors (Lipinski definition) is 0. The van der Waals surface area contributed by atoms with Gasteiger partial charge in [-0.3, -0.25) is 4.79 Å². The van der Waals surface area contributed by atoms with Gasteiger partial charge in [0.15, 0.2) is 0 Å². The SMILES string of the molecule is O=C(c1ccc(C(F)(F)F)cc1)N1CCOC(COc2ccccc2)C1. The second kappa shape index (κ2) is 7.78. The van der Waals surface area contributed by atoms with Gasteiger partial charge in [0.25, 0.3) is 5.91 Å². The van der Waals surface area contributed by atoms with Crippen molar-refractivity contribution in [3.8, 4) is 5.75 Å². The highest BCUT2D eigenvalue weighted by Gasteiger charge is 2.31.